The summed E-state index contributed by atoms with van der Waals surface area (Å²) in [5, 5.41) is 13.4. The van der Waals surface area contributed by atoms with Crippen LogP contribution in [0.2, 0.25) is 0 Å². The standard InChI is InChI=1S/C22H21N3O3/c1-14-10-11-25-20(12-14)24-21(15-8-9-17(26)19(13-15)28-3)22(25)23-16-6-4-5-7-18(16)27-2/h4-13,23,26H,1-3H3. The van der Waals surface area contributed by atoms with Gasteiger partial charge in [0.15, 0.2) is 11.5 Å². The molecule has 6 nitrogen and oxygen atoms in total. The van der Waals surface area contributed by atoms with Crippen LogP contribution in [0.1, 0.15) is 5.56 Å². The Balaban J connectivity index is 1.92. The van der Waals surface area contributed by atoms with Crippen LogP contribution in [0.5, 0.6) is 17.2 Å². The van der Waals surface area contributed by atoms with Crippen molar-refractivity contribution in [3.63, 3.8) is 0 Å². The molecule has 2 aromatic heterocycles. The number of ether oxygens (including phenoxy) is 2. The number of para-hydroxylation sites is 2. The van der Waals surface area contributed by atoms with Gasteiger partial charge in [0.2, 0.25) is 0 Å². The molecule has 0 aliphatic heterocycles. The van der Waals surface area contributed by atoms with Gasteiger partial charge in [-0.1, -0.05) is 12.1 Å². The molecule has 0 bridgehead atoms. The van der Waals surface area contributed by atoms with E-state index in [1.165, 1.54) is 7.11 Å². The van der Waals surface area contributed by atoms with Crippen molar-refractivity contribution in [3.05, 3.63) is 66.4 Å². The van der Waals surface area contributed by atoms with Crippen LogP contribution in [-0.4, -0.2) is 28.7 Å². The number of benzene rings is 2. The van der Waals surface area contributed by atoms with E-state index in [9.17, 15) is 5.11 Å². The summed E-state index contributed by atoms with van der Waals surface area (Å²) in [4.78, 5) is 4.82. The minimum atomic E-state index is 0.0881. The summed E-state index contributed by atoms with van der Waals surface area (Å²) in [6.45, 7) is 2.03. The quantitative estimate of drug-likeness (QED) is 0.526. The highest BCUT2D eigenvalue weighted by Crippen LogP contribution is 2.37. The van der Waals surface area contributed by atoms with Crippen molar-refractivity contribution in [1.82, 2.24) is 9.38 Å². The Morgan fingerprint density at radius 2 is 1.75 bits per heavy atom. The zero-order valence-corrected chi connectivity index (χ0v) is 15.9. The molecule has 0 spiro atoms. The number of imidazole rings is 1. The number of aromatic hydroxyl groups is 1. The number of phenolic OH excluding ortho intramolecular Hbond substituents is 1. The minimum Gasteiger partial charge on any atom is -0.504 e. The first-order chi connectivity index (χ1) is 13.6. The fourth-order valence-electron chi connectivity index (χ4n) is 3.17. The summed E-state index contributed by atoms with van der Waals surface area (Å²) in [5.41, 5.74) is 4.35. The molecule has 0 fully saturated rings. The first kappa shape index (κ1) is 17.7. The van der Waals surface area contributed by atoms with E-state index in [0.29, 0.717) is 5.75 Å². The number of hydrogen-bond acceptors (Lipinski definition) is 5. The molecule has 4 aromatic rings. The average Bonchev–Trinajstić information content (AvgIpc) is 3.06. The van der Waals surface area contributed by atoms with Crippen molar-refractivity contribution in [3.8, 4) is 28.5 Å². The summed E-state index contributed by atoms with van der Waals surface area (Å²) < 4.78 is 12.7. The Kier molecular flexibility index (Phi) is 4.53. The molecule has 28 heavy (non-hydrogen) atoms. The number of hydrogen-bond donors (Lipinski definition) is 2. The summed E-state index contributed by atoms with van der Waals surface area (Å²) in [6, 6.07) is 17.0. The third-order valence-corrected chi connectivity index (χ3v) is 4.59. The van der Waals surface area contributed by atoms with Gasteiger partial charge in [-0.25, -0.2) is 4.98 Å². The van der Waals surface area contributed by atoms with E-state index in [1.54, 1.807) is 19.2 Å². The second kappa shape index (κ2) is 7.15. The molecule has 6 heteroatoms. The van der Waals surface area contributed by atoms with Gasteiger partial charge in [0.1, 0.15) is 22.9 Å². The second-order valence-electron chi connectivity index (χ2n) is 6.45. The number of rotatable bonds is 5. The summed E-state index contributed by atoms with van der Waals surface area (Å²) >= 11 is 0. The molecular formula is C22H21N3O3. The first-order valence-electron chi connectivity index (χ1n) is 8.87. The normalized spacial score (nSPS) is 10.8. The Morgan fingerprint density at radius 3 is 2.54 bits per heavy atom. The van der Waals surface area contributed by atoms with Crippen LogP contribution in [0, 0.1) is 6.92 Å². The first-order valence-corrected chi connectivity index (χ1v) is 8.87. The molecule has 0 radical (unpaired) electrons. The zero-order valence-electron chi connectivity index (χ0n) is 15.9. The van der Waals surface area contributed by atoms with Crippen molar-refractivity contribution in [2.75, 3.05) is 19.5 Å². The number of aryl methyl sites for hydroxylation is 1. The van der Waals surface area contributed by atoms with Gasteiger partial charge >= 0.3 is 0 Å². The van der Waals surface area contributed by atoms with Crippen LogP contribution in [-0.2, 0) is 0 Å². The molecule has 0 unspecified atom stereocenters. The van der Waals surface area contributed by atoms with E-state index < -0.39 is 0 Å². The van der Waals surface area contributed by atoms with Crippen LogP contribution in [0.3, 0.4) is 0 Å². The Morgan fingerprint density at radius 1 is 0.964 bits per heavy atom. The molecule has 0 saturated heterocycles. The summed E-state index contributed by atoms with van der Waals surface area (Å²) in [7, 11) is 3.17. The number of aromatic nitrogens is 2. The van der Waals surface area contributed by atoms with E-state index in [-0.39, 0.29) is 5.75 Å². The molecule has 0 amide bonds. The lowest BCUT2D eigenvalue weighted by Crippen LogP contribution is -1.99. The van der Waals surface area contributed by atoms with Crippen LogP contribution in [0.25, 0.3) is 16.9 Å². The molecule has 2 N–H and O–H groups in total. The summed E-state index contributed by atoms with van der Waals surface area (Å²) in [6.07, 6.45) is 1.98. The predicted octanol–water partition coefficient (Wildman–Crippen LogP) is 4.78. The van der Waals surface area contributed by atoms with Crippen LogP contribution < -0.4 is 14.8 Å². The number of anilines is 2. The van der Waals surface area contributed by atoms with E-state index in [4.69, 9.17) is 14.5 Å². The maximum Gasteiger partial charge on any atom is 0.161 e. The van der Waals surface area contributed by atoms with Gasteiger partial charge in [-0.15, -0.1) is 0 Å². The molecule has 4 rings (SSSR count). The van der Waals surface area contributed by atoms with Gasteiger partial charge < -0.3 is 19.9 Å². The Hall–Kier alpha value is -3.67. The van der Waals surface area contributed by atoms with Crippen molar-refractivity contribution in [1.29, 1.82) is 0 Å². The van der Waals surface area contributed by atoms with Gasteiger partial charge in [-0.2, -0.15) is 0 Å². The topological polar surface area (TPSA) is 68.0 Å². The Bertz CT molecular complexity index is 1150. The number of phenols is 1. The second-order valence-corrected chi connectivity index (χ2v) is 6.45. The van der Waals surface area contributed by atoms with Gasteiger partial charge in [-0.05, 0) is 55.0 Å². The number of fused-ring (bicyclic) bond motifs is 1. The molecule has 142 valence electrons. The third kappa shape index (κ3) is 3.09. The van der Waals surface area contributed by atoms with Crippen LogP contribution in [0.15, 0.2) is 60.8 Å². The highest BCUT2D eigenvalue weighted by atomic mass is 16.5. The molecular weight excluding hydrogens is 354 g/mol. The molecule has 0 aliphatic rings. The largest absolute Gasteiger partial charge is 0.504 e. The SMILES string of the molecule is COc1cc(-c2nc3cc(C)ccn3c2Nc2ccccc2OC)ccc1O. The third-order valence-electron chi connectivity index (χ3n) is 4.59. The lowest BCUT2D eigenvalue weighted by Gasteiger charge is -2.13. The lowest BCUT2D eigenvalue weighted by molar-refractivity contribution is 0.373. The lowest BCUT2D eigenvalue weighted by atomic mass is 10.1. The summed E-state index contributed by atoms with van der Waals surface area (Å²) in [5.74, 6) is 2.02. The van der Waals surface area contributed by atoms with Crippen molar-refractivity contribution in [2.45, 2.75) is 6.92 Å². The smallest absolute Gasteiger partial charge is 0.161 e. The highest BCUT2D eigenvalue weighted by Gasteiger charge is 2.17. The Labute approximate surface area is 163 Å². The van der Waals surface area contributed by atoms with Crippen molar-refractivity contribution in [2.24, 2.45) is 0 Å². The molecule has 0 saturated carbocycles. The van der Waals surface area contributed by atoms with Gasteiger partial charge in [-0.3, -0.25) is 4.40 Å². The fraction of sp³-hybridized carbons (Fsp3) is 0.136. The highest BCUT2D eigenvalue weighted by molar-refractivity contribution is 5.82. The van der Waals surface area contributed by atoms with E-state index in [1.807, 2.05) is 60.0 Å². The van der Waals surface area contributed by atoms with E-state index in [2.05, 4.69) is 5.32 Å². The average molecular weight is 375 g/mol. The maximum atomic E-state index is 9.95. The molecule has 2 aromatic carbocycles. The minimum absolute atomic E-state index is 0.0881. The molecule has 0 atom stereocenters. The monoisotopic (exact) mass is 375 g/mol. The van der Waals surface area contributed by atoms with Gasteiger partial charge in [0, 0.05) is 11.8 Å². The van der Waals surface area contributed by atoms with Crippen molar-refractivity contribution < 1.29 is 14.6 Å². The van der Waals surface area contributed by atoms with Crippen LogP contribution >= 0.6 is 0 Å². The fourth-order valence-corrected chi connectivity index (χ4v) is 3.17. The molecule has 2 heterocycles. The molecule has 0 aliphatic carbocycles. The van der Waals surface area contributed by atoms with Crippen molar-refractivity contribution >= 4 is 17.2 Å². The van der Waals surface area contributed by atoms with Gasteiger partial charge in [0.05, 0.1) is 19.9 Å². The maximum absolute atomic E-state index is 9.95. The number of nitrogens with zero attached hydrogens (tertiary/aromatic N) is 2. The van der Waals surface area contributed by atoms with E-state index in [0.717, 1.165) is 39.7 Å². The van der Waals surface area contributed by atoms with E-state index >= 15 is 0 Å². The zero-order chi connectivity index (χ0) is 19.7. The number of methoxy groups -OCH3 is 2. The number of pyridine rings is 1. The van der Waals surface area contributed by atoms with Gasteiger partial charge in [0.25, 0.3) is 0 Å². The van der Waals surface area contributed by atoms with Crippen LogP contribution in [0.4, 0.5) is 11.5 Å². The predicted molar refractivity (Wildman–Crippen MR) is 110 cm³/mol. The number of nitrogens with one attached hydrogen (secondary N) is 1.